The van der Waals surface area contributed by atoms with E-state index >= 15 is 9.59 Å². The predicted molar refractivity (Wildman–Crippen MR) is 375 cm³/mol. The number of ketones is 1. The lowest BCUT2D eigenvalue weighted by Gasteiger charge is -2.56. The molecular formula is C82H101N5O10. The molecule has 0 radical (unpaired) electrons. The fraction of sp³-hybridized carbons (Fsp3) is 0.549. The minimum absolute atomic E-state index is 0.00415. The number of hydrogen-bond donors (Lipinski definition) is 10. The number of cyclic esters (lactones) is 1. The number of hydrogen-bond acceptors (Lipinski definition) is 15. The highest BCUT2D eigenvalue weighted by Gasteiger charge is 2.68. The van der Waals surface area contributed by atoms with E-state index in [1.165, 1.54) is 5.56 Å². The van der Waals surface area contributed by atoms with E-state index in [1.54, 1.807) is 13.0 Å². The molecule has 15 heteroatoms. The van der Waals surface area contributed by atoms with Crippen molar-refractivity contribution >= 4 is 23.6 Å². The van der Waals surface area contributed by atoms with E-state index in [2.05, 4.69) is 106 Å². The van der Waals surface area contributed by atoms with Gasteiger partial charge in [-0.25, -0.2) is 4.79 Å². The lowest BCUT2D eigenvalue weighted by atomic mass is 9.44. The largest absolute Gasteiger partial charge is 0.508 e. The van der Waals surface area contributed by atoms with E-state index in [1.807, 2.05) is 37.4 Å². The first-order valence-corrected chi connectivity index (χ1v) is 36.8. The highest BCUT2D eigenvalue weighted by molar-refractivity contribution is 6.07. The van der Waals surface area contributed by atoms with Gasteiger partial charge >= 0.3 is 5.97 Å². The maximum atomic E-state index is 16.6. The van der Waals surface area contributed by atoms with Crippen molar-refractivity contribution in [3.63, 3.8) is 0 Å². The lowest BCUT2D eigenvalue weighted by molar-refractivity contribution is -0.132. The van der Waals surface area contributed by atoms with Gasteiger partial charge in [-0.15, -0.1) is 0 Å². The Bertz CT molecular complexity index is 3870. The van der Waals surface area contributed by atoms with E-state index in [0.717, 1.165) is 109 Å². The summed E-state index contributed by atoms with van der Waals surface area (Å²) in [6.45, 7) is 7.56. The van der Waals surface area contributed by atoms with Crippen molar-refractivity contribution in [2.24, 2.45) is 58.2 Å². The maximum absolute atomic E-state index is 16.6. The van der Waals surface area contributed by atoms with Crippen LogP contribution in [0.5, 0.6) is 11.7 Å². The number of rotatable bonds is 14. The molecule has 4 aromatic carbocycles. The number of nitrogens with one attached hydrogen (secondary N) is 5. The molecule has 16 rings (SSSR count). The zero-order valence-electron chi connectivity index (χ0n) is 57.0. The van der Waals surface area contributed by atoms with Gasteiger partial charge in [0.15, 0.2) is 11.5 Å². The second-order valence-corrected chi connectivity index (χ2v) is 30.9. The third-order valence-electron chi connectivity index (χ3n) is 25.0. The third kappa shape index (κ3) is 12.9. The van der Waals surface area contributed by atoms with E-state index in [4.69, 9.17) is 9.15 Å². The fourth-order valence-electron chi connectivity index (χ4n) is 20.5. The third-order valence-corrected chi connectivity index (χ3v) is 25.0. The molecule has 6 aliphatic carbocycles. The van der Waals surface area contributed by atoms with Gasteiger partial charge in [-0.2, -0.15) is 0 Å². The number of carbonyl (C=O) groups excluding carboxylic acids is 3. The van der Waals surface area contributed by atoms with Gasteiger partial charge in [-0.05, 0) is 245 Å². The Morgan fingerprint density at radius 2 is 1.68 bits per heavy atom. The van der Waals surface area contributed by atoms with E-state index < -0.39 is 45.8 Å². The second kappa shape index (κ2) is 28.1. The fourth-order valence-corrected chi connectivity index (χ4v) is 20.5. The molecule has 3 saturated carbocycles. The van der Waals surface area contributed by atoms with Crippen molar-refractivity contribution in [2.45, 2.75) is 185 Å². The average Bonchev–Trinajstić information content (AvgIpc) is 1.62. The van der Waals surface area contributed by atoms with Gasteiger partial charge in [0.1, 0.15) is 17.8 Å². The number of aliphatic hydroxyl groups is 3. The van der Waals surface area contributed by atoms with Crippen LogP contribution in [0.1, 0.15) is 190 Å². The number of aldehydes is 1. The molecule has 11 aliphatic rings. The first kappa shape index (κ1) is 67.5. The molecule has 5 aliphatic heterocycles. The van der Waals surface area contributed by atoms with Crippen LogP contribution >= 0.6 is 0 Å². The zero-order chi connectivity index (χ0) is 67.2. The average molecular weight is 1320 g/mol. The van der Waals surface area contributed by atoms with Crippen molar-refractivity contribution in [3.8, 4) is 34.7 Å². The molecule has 1 aromatic heterocycles. The Morgan fingerprint density at radius 1 is 0.835 bits per heavy atom. The molecule has 0 unspecified atom stereocenters. The number of phenolic OH excluding ortho intramolecular Hbond substituents is 1. The minimum Gasteiger partial charge on any atom is -0.508 e. The van der Waals surface area contributed by atoms with E-state index in [-0.39, 0.29) is 96.9 Å². The first-order valence-electron chi connectivity index (χ1n) is 36.8. The van der Waals surface area contributed by atoms with Crippen molar-refractivity contribution < 1.29 is 49.1 Å². The number of furan rings is 1. The number of fused-ring (bicyclic) bond motifs is 5. The Labute approximate surface area is 572 Å². The summed E-state index contributed by atoms with van der Waals surface area (Å²) in [5.41, 5.74) is 6.60. The topological polar surface area (TPSA) is 235 Å². The van der Waals surface area contributed by atoms with Crippen LogP contribution in [0.15, 0.2) is 113 Å². The van der Waals surface area contributed by atoms with Crippen LogP contribution in [0, 0.1) is 70.0 Å². The van der Waals surface area contributed by atoms with Crippen LogP contribution in [0.25, 0.3) is 16.7 Å². The summed E-state index contributed by atoms with van der Waals surface area (Å²) in [7, 11) is 1.99. The van der Waals surface area contributed by atoms with Gasteiger partial charge in [0, 0.05) is 68.1 Å². The normalized spacial score (nSPS) is 32.2. The van der Waals surface area contributed by atoms with Crippen LogP contribution in [0.2, 0.25) is 0 Å². The van der Waals surface area contributed by atoms with Gasteiger partial charge in [0.25, 0.3) is 5.95 Å². The summed E-state index contributed by atoms with van der Waals surface area (Å²) in [6, 6.07) is 30.8. The van der Waals surface area contributed by atoms with Crippen LogP contribution in [0.4, 0.5) is 0 Å². The number of aliphatic hydroxyl groups excluding tert-OH is 1. The molecule has 0 amide bonds. The highest BCUT2D eigenvalue weighted by atomic mass is 16.5. The zero-order valence-corrected chi connectivity index (χ0v) is 57.0. The van der Waals surface area contributed by atoms with E-state index in [0.29, 0.717) is 113 Å². The molecule has 514 valence electrons. The number of allylic oxidation sites excluding steroid dienone is 3. The van der Waals surface area contributed by atoms with Crippen LogP contribution < -0.4 is 26.6 Å². The number of carbonyl (C=O) groups is 3. The molecule has 2 saturated heterocycles. The molecule has 14 atom stereocenters. The number of benzene rings is 4. The molecule has 97 heavy (non-hydrogen) atoms. The number of piperidine rings is 1. The van der Waals surface area contributed by atoms with Gasteiger partial charge in [-0.3, -0.25) is 4.79 Å². The summed E-state index contributed by atoms with van der Waals surface area (Å²) in [4.78, 5) is 44.7. The summed E-state index contributed by atoms with van der Waals surface area (Å²) in [6.07, 6.45) is 15.7. The quantitative estimate of drug-likeness (QED) is 0.0216. The van der Waals surface area contributed by atoms with Crippen LogP contribution in [0.3, 0.4) is 0 Å². The van der Waals surface area contributed by atoms with E-state index in [9.17, 15) is 30.3 Å². The monoisotopic (exact) mass is 1320 g/mol. The predicted octanol–water partition coefficient (Wildman–Crippen LogP) is 11.8. The second-order valence-electron chi connectivity index (χ2n) is 30.9. The highest BCUT2D eigenvalue weighted by Crippen LogP contribution is 2.74. The first-order chi connectivity index (χ1) is 47.0. The molecule has 15 nitrogen and oxygen atoms in total. The van der Waals surface area contributed by atoms with Gasteiger partial charge in [0.2, 0.25) is 0 Å². The summed E-state index contributed by atoms with van der Waals surface area (Å²) >= 11 is 0. The van der Waals surface area contributed by atoms with Crippen molar-refractivity contribution in [1.82, 2.24) is 26.6 Å². The molecule has 5 fully saturated rings. The van der Waals surface area contributed by atoms with Crippen LogP contribution in [-0.4, -0.2) is 101 Å². The summed E-state index contributed by atoms with van der Waals surface area (Å²) in [5, 5.41) is 80.0. The number of β-amino-alcohol motifs (C(OH)–C–C–N with tert-alkyl or cyclic N) is 1. The van der Waals surface area contributed by atoms with Crippen molar-refractivity contribution in [1.29, 1.82) is 0 Å². The molecule has 5 aromatic rings. The minimum atomic E-state index is -1.44. The number of aromatic hydroxyl groups is 2. The number of esters is 1. The molecule has 14 bridgehead atoms. The standard InChI is InChI=1S/C82H101N5O10/c1-4-30-84-48-54-36-51-23-31-85-47-53-14-11-15-55(38-53)62-19-18-61(90)43-66(62)71-63-22-29-82(69(96-78(93)74(71)82)40-52(25-33-88)35-50-12-7-5-8-13-50)73-64(63)20-21-65-72(73)77(92)97-76(65)68(91)46-80(59-24-32-86-70(42-59)83-3)44-57-41-60(81(95)27-9-6-10-28-81)17-16-58(26-34-89)79(2,94)49-87-75(67(57)45-80)56(37-51)39-54/h5,7-8,11-15,18-19,34,36-40,43,52,57-60,63-64,67,70,73,75,83-88,90,92,94-95H,4,6,9-10,20-33,35,41-42,44-49H2,1-3H3/b69-40-/t52-,57-,58+,59-,60-,63-,64+,67-,70+,73-,75+,79+,80-,82-/m1/s1. The molecule has 10 N–H and O–H groups in total. The number of ether oxygens (including phenoxy) is 1. The molecule has 6 heterocycles. The smallest absolute Gasteiger partial charge is 0.340 e. The lowest BCUT2D eigenvalue weighted by Crippen LogP contribution is -2.50. The maximum Gasteiger partial charge on any atom is 0.340 e. The summed E-state index contributed by atoms with van der Waals surface area (Å²) in [5.74, 6) is 4.66. The van der Waals surface area contributed by atoms with Crippen molar-refractivity contribution in [2.75, 3.05) is 39.8 Å². The number of phenols is 1. The Balaban J connectivity index is 0.967. The van der Waals surface area contributed by atoms with Gasteiger partial charge < -0.3 is 66.1 Å². The Hall–Kier alpha value is -6.71. The Morgan fingerprint density at radius 3 is 2.48 bits per heavy atom. The number of Topliss-reactive ketones (excluding diaryl/α,β-unsaturated/α-hetero) is 1. The summed E-state index contributed by atoms with van der Waals surface area (Å²) < 4.78 is 13.6. The Kier molecular flexibility index (Phi) is 19.6. The molecular weight excluding hydrogens is 1210 g/mol. The van der Waals surface area contributed by atoms with Gasteiger partial charge in [0.05, 0.1) is 34.3 Å². The SMILES string of the molecule is CCCNCc1cc2cc(c1)[C@@H]1NC[C@](C)(O)[C@H](CC=O)C#C[C@@H](C3(O)CCCCC3)C[C@@H]3C[C@]([C@@H]4CCN[C@H](NC)C4)(CC(=O)c4oc(O)c5c4CC[C@H]4[C@H]6CC[C@]7(C(=C6c6cc(O)ccc6-c6cccc(c6)CNCC2)C(=O)O/C7=C\[C@H](CCO)Cc2ccccc2)[C@@H]54)C[C@H]31. The molecule has 1 spiro atoms. The van der Waals surface area contributed by atoms with Crippen LogP contribution in [-0.2, 0) is 46.7 Å². The van der Waals surface area contributed by atoms with Crippen molar-refractivity contribution in [3.05, 3.63) is 159 Å². The van der Waals surface area contributed by atoms with Gasteiger partial charge in [-0.1, -0.05) is 111 Å².